The molecule has 0 aliphatic heterocycles. The summed E-state index contributed by atoms with van der Waals surface area (Å²) in [6.07, 6.45) is 0. The van der Waals surface area contributed by atoms with Gasteiger partial charge in [-0.1, -0.05) is 18.2 Å². The maximum Gasteiger partial charge on any atom is 0.308 e. The zero-order valence-corrected chi connectivity index (χ0v) is 7.82. The maximum atomic E-state index is 10.4. The topological polar surface area (TPSA) is 26.3 Å². The predicted molar refractivity (Wildman–Crippen MR) is 48.9 cm³/mol. The van der Waals surface area contributed by atoms with Crippen molar-refractivity contribution < 1.29 is 9.53 Å². The molecule has 0 bridgehead atoms. The van der Waals surface area contributed by atoms with Crippen LogP contribution in [0.5, 0.6) is 5.75 Å². The van der Waals surface area contributed by atoms with Gasteiger partial charge in [-0.25, -0.2) is 0 Å². The summed E-state index contributed by atoms with van der Waals surface area (Å²) in [6.45, 7) is 1.38. The smallest absolute Gasteiger partial charge is 0.308 e. The highest BCUT2D eigenvalue weighted by molar-refractivity contribution is 6.92. The molecule has 0 amide bonds. The lowest BCUT2D eigenvalue weighted by Crippen LogP contribution is -2.00. The van der Waals surface area contributed by atoms with Crippen LogP contribution in [-0.2, 0) is 4.79 Å². The minimum atomic E-state index is -0.286. The van der Waals surface area contributed by atoms with Crippen molar-refractivity contribution in [2.24, 2.45) is 0 Å². The standard InChI is InChI=1S/C8H8O2.H3P/c1-7(9)10-8-5-3-2-4-6-8;/h2-6H,1H3;1H3. The number of hydrogen-bond donors (Lipinski definition) is 0. The molecular weight excluding hydrogens is 159 g/mol. The number of carbonyl (C=O) groups is 1. The molecule has 1 atom stereocenters. The number of carbonyl (C=O) groups excluding carboxylic acids is 1. The summed E-state index contributed by atoms with van der Waals surface area (Å²) >= 11 is 0. The quantitative estimate of drug-likeness (QED) is 0.364. The fourth-order valence-electron chi connectivity index (χ4n) is 0.655. The Morgan fingerprint density at radius 2 is 1.82 bits per heavy atom. The van der Waals surface area contributed by atoms with Gasteiger partial charge in [-0.05, 0) is 12.1 Å². The van der Waals surface area contributed by atoms with Crippen molar-refractivity contribution in [3.8, 4) is 5.75 Å². The molecule has 60 valence electrons. The summed E-state index contributed by atoms with van der Waals surface area (Å²) in [6, 6.07) is 8.98. The second-order valence-corrected chi connectivity index (χ2v) is 1.91. The van der Waals surface area contributed by atoms with E-state index in [1.54, 1.807) is 12.1 Å². The summed E-state index contributed by atoms with van der Waals surface area (Å²) in [5.41, 5.74) is 0. The molecule has 1 unspecified atom stereocenters. The molecule has 1 aromatic rings. The molecule has 0 aliphatic carbocycles. The van der Waals surface area contributed by atoms with E-state index in [2.05, 4.69) is 0 Å². The van der Waals surface area contributed by atoms with E-state index in [9.17, 15) is 4.79 Å². The Bertz CT molecular complexity index is 221. The van der Waals surface area contributed by atoms with Crippen LogP contribution < -0.4 is 4.74 Å². The molecular formula is C8H11O2P. The third kappa shape index (κ3) is 3.74. The van der Waals surface area contributed by atoms with E-state index in [1.165, 1.54) is 6.92 Å². The number of rotatable bonds is 1. The zero-order valence-electron chi connectivity index (χ0n) is 6.41. The van der Waals surface area contributed by atoms with Gasteiger partial charge in [0.1, 0.15) is 5.75 Å². The van der Waals surface area contributed by atoms with Crippen molar-refractivity contribution in [3.05, 3.63) is 30.3 Å². The van der Waals surface area contributed by atoms with Crippen LogP contribution in [-0.4, -0.2) is 5.97 Å². The van der Waals surface area contributed by atoms with Crippen molar-refractivity contribution in [3.63, 3.8) is 0 Å². The number of esters is 1. The van der Waals surface area contributed by atoms with Gasteiger partial charge in [0.25, 0.3) is 0 Å². The van der Waals surface area contributed by atoms with Crippen molar-refractivity contribution in [1.29, 1.82) is 0 Å². The summed E-state index contributed by atoms with van der Waals surface area (Å²) in [7, 11) is 0. The Morgan fingerprint density at radius 1 is 1.27 bits per heavy atom. The van der Waals surface area contributed by atoms with Crippen molar-refractivity contribution in [2.75, 3.05) is 0 Å². The van der Waals surface area contributed by atoms with E-state index in [4.69, 9.17) is 4.74 Å². The first-order chi connectivity index (χ1) is 4.79. The first-order valence-electron chi connectivity index (χ1n) is 3.02. The second kappa shape index (κ2) is 4.86. The monoisotopic (exact) mass is 170 g/mol. The predicted octanol–water partition coefficient (Wildman–Crippen LogP) is 1.67. The average Bonchev–Trinajstić information content (AvgIpc) is 1.88. The lowest BCUT2D eigenvalue weighted by atomic mass is 10.3. The van der Waals surface area contributed by atoms with E-state index in [0.29, 0.717) is 5.75 Å². The summed E-state index contributed by atoms with van der Waals surface area (Å²) < 4.78 is 4.78. The van der Waals surface area contributed by atoms with Crippen LogP contribution in [0.15, 0.2) is 30.3 Å². The summed E-state index contributed by atoms with van der Waals surface area (Å²) in [4.78, 5) is 10.4. The molecule has 3 heteroatoms. The molecule has 0 saturated heterocycles. The molecule has 1 rings (SSSR count). The Hall–Kier alpha value is -0.880. The molecule has 0 N–H and O–H groups in total. The summed E-state index contributed by atoms with van der Waals surface area (Å²) in [5.74, 6) is 0.307. The van der Waals surface area contributed by atoms with E-state index in [1.807, 2.05) is 18.2 Å². The number of benzene rings is 1. The van der Waals surface area contributed by atoms with Crippen molar-refractivity contribution >= 4 is 15.9 Å². The Kier molecular flexibility index (Phi) is 4.47. The Morgan fingerprint density at radius 3 is 2.27 bits per heavy atom. The van der Waals surface area contributed by atoms with Crippen molar-refractivity contribution in [1.82, 2.24) is 0 Å². The van der Waals surface area contributed by atoms with Gasteiger partial charge >= 0.3 is 5.97 Å². The first kappa shape index (κ1) is 10.1. The minimum absolute atomic E-state index is 0. The fourth-order valence-corrected chi connectivity index (χ4v) is 0.655. The normalized spacial score (nSPS) is 8.09. The third-order valence-electron chi connectivity index (χ3n) is 1.00. The lowest BCUT2D eigenvalue weighted by molar-refractivity contribution is -0.131. The molecule has 11 heavy (non-hydrogen) atoms. The molecule has 0 heterocycles. The van der Waals surface area contributed by atoms with Gasteiger partial charge < -0.3 is 4.74 Å². The highest BCUT2D eigenvalue weighted by atomic mass is 31.0. The average molecular weight is 170 g/mol. The van der Waals surface area contributed by atoms with Gasteiger partial charge in [0.15, 0.2) is 0 Å². The van der Waals surface area contributed by atoms with Crippen LogP contribution in [0.2, 0.25) is 0 Å². The van der Waals surface area contributed by atoms with Crippen LogP contribution in [0.4, 0.5) is 0 Å². The third-order valence-corrected chi connectivity index (χ3v) is 1.00. The summed E-state index contributed by atoms with van der Waals surface area (Å²) in [5, 5.41) is 0. The molecule has 0 radical (unpaired) electrons. The van der Waals surface area contributed by atoms with Crippen molar-refractivity contribution in [2.45, 2.75) is 6.92 Å². The largest absolute Gasteiger partial charge is 0.427 e. The van der Waals surface area contributed by atoms with Crippen LogP contribution in [0.3, 0.4) is 0 Å². The number of ether oxygens (including phenoxy) is 1. The minimum Gasteiger partial charge on any atom is -0.427 e. The fraction of sp³-hybridized carbons (Fsp3) is 0.125. The zero-order chi connectivity index (χ0) is 7.40. The molecule has 1 aromatic carbocycles. The first-order valence-corrected chi connectivity index (χ1v) is 3.02. The van der Waals surface area contributed by atoms with Gasteiger partial charge in [-0.2, -0.15) is 9.90 Å². The molecule has 2 nitrogen and oxygen atoms in total. The van der Waals surface area contributed by atoms with Gasteiger partial charge in [-0.3, -0.25) is 4.79 Å². The van der Waals surface area contributed by atoms with Crippen LogP contribution in [0, 0.1) is 0 Å². The van der Waals surface area contributed by atoms with Gasteiger partial charge in [0, 0.05) is 6.92 Å². The lowest BCUT2D eigenvalue weighted by Gasteiger charge is -1.97. The molecule has 0 saturated carbocycles. The second-order valence-electron chi connectivity index (χ2n) is 1.91. The molecule has 0 aliphatic rings. The Balaban J connectivity index is 0.000001000. The number of hydrogen-bond acceptors (Lipinski definition) is 2. The van der Waals surface area contributed by atoms with Gasteiger partial charge in [0.2, 0.25) is 0 Å². The van der Waals surface area contributed by atoms with Crippen LogP contribution in [0.25, 0.3) is 0 Å². The van der Waals surface area contributed by atoms with E-state index in [0.717, 1.165) is 0 Å². The molecule has 0 spiro atoms. The maximum absolute atomic E-state index is 10.4. The molecule has 0 aromatic heterocycles. The van der Waals surface area contributed by atoms with Gasteiger partial charge in [0.05, 0.1) is 0 Å². The highest BCUT2D eigenvalue weighted by Gasteiger charge is 1.92. The SMILES string of the molecule is CC(=O)Oc1ccccc1.P. The van der Waals surface area contributed by atoms with E-state index < -0.39 is 0 Å². The highest BCUT2D eigenvalue weighted by Crippen LogP contribution is 2.07. The van der Waals surface area contributed by atoms with E-state index in [-0.39, 0.29) is 15.9 Å². The van der Waals surface area contributed by atoms with E-state index >= 15 is 0 Å². The van der Waals surface area contributed by atoms with Crippen LogP contribution >= 0.6 is 9.90 Å². The van der Waals surface area contributed by atoms with Gasteiger partial charge in [-0.15, -0.1) is 0 Å². The Labute approximate surface area is 69.2 Å². The van der Waals surface area contributed by atoms with Crippen LogP contribution in [0.1, 0.15) is 6.92 Å². The molecule has 0 fully saturated rings. The number of para-hydroxylation sites is 1.